The van der Waals surface area contributed by atoms with Gasteiger partial charge in [-0.2, -0.15) is 0 Å². The fourth-order valence-electron chi connectivity index (χ4n) is 2.23. The van der Waals surface area contributed by atoms with Crippen molar-refractivity contribution >= 4 is 28.9 Å². The standard InChI is InChI=1S/C12H14ClN3O3/c13-10-6-9(3-4-11(10)16(18)19)15-12(17)7-1-2-8(14)5-7/h3-4,6-8H,1-2,5,14H2,(H,15,17). The lowest BCUT2D eigenvalue weighted by atomic mass is 10.1. The molecule has 0 bridgehead atoms. The van der Waals surface area contributed by atoms with Crippen molar-refractivity contribution in [2.75, 3.05) is 5.32 Å². The maximum absolute atomic E-state index is 11.9. The Morgan fingerprint density at radius 3 is 2.74 bits per heavy atom. The summed E-state index contributed by atoms with van der Waals surface area (Å²) in [5.74, 6) is -0.207. The zero-order valence-corrected chi connectivity index (χ0v) is 10.9. The van der Waals surface area contributed by atoms with Gasteiger partial charge in [0.05, 0.1) is 4.92 Å². The fraction of sp³-hybridized carbons (Fsp3) is 0.417. The Balaban J connectivity index is 2.05. The number of nitro groups is 1. The Kier molecular flexibility index (Phi) is 4.01. The Hall–Kier alpha value is -1.66. The van der Waals surface area contributed by atoms with Gasteiger partial charge in [-0.15, -0.1) is 0 Å². The average molecular weight is 284 g/mol. The van der Waals surface area contributed by atoms with Gasteiger partial charge in [-0.05, 0) is 31.4 Å². The third-order valence-electron chi connectivity index (χ3n) is 3.26. The van der Waals surface area contributed by atoms with E-state index in [0.717, 1.165) is 12.8 Å². The number of hydrogen-bond donors (Lipinski definition) is 2. The number of anilines is 1. The summed E-state index contributed by atoms with van der Waals surface area (Å²) < 4.78 is 0. The number of nitrogens with zero attached hydrogens (tertiary/aromatic N) is 1. The molecule has 2 unspecified atom stereocenters. The topological polar surface area (TPSA) is 98.3 Å². The van der Waals surface area contributed by atoms with Crippen LogP contribution < -0.4 is 11.1 Å². The van der Waals surface area contributed by atoms with Gasteiger partial charge in [0.25, 0.3) is 5.69 Å². The number of amides is 1. The lowest BCUT2D eigenvalue weighted by Gasteiger charge is -2.10. The summed E-state index contributed by atoms with van der Waals surface area (Å²) in [5.41, 5.74) is 6.04. The van der Waals surface area contributed by atoms with Crippen LogP contribution in [0.15, 0.2) is 18.2 Å². The van der Waals surface area contributed by atoms with Crippen LogP contribution in [0.4, 0.5) is 11.4 Å². The number of hydrogen-bond acceptors (Lipinski definition) is 4. The highest BCUT2D eigenvalue weighted by Gasteiger charge is 2.27. The second-order valence-corrected chi connectivity index (χ2v) is 5.09. The van der Waals surface area contributed by atoms with E-state index in [9.17, 15) is 14.9 Å². The molecular weight excluding hydrogens is 270 g/mol. The van der Waals surface area contributed by atoms with Crippen LogP contribution in [0.5, 0.6) is 0 Å². The summed E-state index contributed by atoms with van der Waals surface area (Å²) in [6, 6.07) is 4.21. The van der Waals surface area contributed by atoms with Crippen LogP contribution in [-0.2, 0) is 4.79 Å². The Labute approximate surface area is 115 Å². The van der Waals surface area contributed by atoms with Crippen molar-refractivity contribution in [3.05, 3.63) is 33.3 Å². The second kappa shape index (κ2) is 5.54. The van der Waals surface area contributed by atoms with E-state index in [-0.39, 0.29) is 28.6 Å². The summed E-state index contributed by atoms with van der Waals surface area (Å²) in [6.07, 6.45) is 2.29. The molecule has 1 amide bonds. The molecule has 1 aliphatic rings. The van der Waals surface area contributed by atoms with Crippen molar-refractivity contribution in [3.8, 4) is 0 Å². The maximum Gasteiger partial charge on any atom is 0.288 e. The monoisotopic (exact) mass is 283 g/mol. The van der Waals surface area contributed by atoms with Crippen molar-refractivity contribution < 1.29 is 9.72 Å². The minimum atomic E-state index is -0.566. The van der Waals surface area contributed by atoms with Crippen molar-refractivity contribution in [1.82, 2.24) is 0 Å². The number of carbonyl (C=O) groups is 1. The molecule has 6 nitrogen and oxygen atoms in total. The quantitative estimate of drug-likeness (QED) is 0.657. The van der Waals surface area contributed by atoms with Crippen LogP contribution in [0.2, 0.25) is 5.02 Å². The zero-order valence-electron chi connectivity index (χ0n) is 10.1. The number of rotatable bonds is 3. The molecule has 0 radical (unpaired) electrons. The van der Waals surface area contributed by atoms with E-state index in [1.54, 1.807) is 0 Å². The Morgan fingerprint density at radius 1 is 1.47 bits per heavy atom. The van der Waals surface area contributed by atoms with Crippen LogP contribution in [0.1, 0.15) is 19.3 Å². The van der Waals surface area contributed by atoms with Gasteiger partial charge >= 0.3 is 0 Å². The molecule has 1 aliphatic carbocycles. The van der Waals surface area contributed by atoms with Crippen LogP contribution >= 0.6 is 11.6 Å². The summed E-state index contributed by atoms with van der Waals surface area (Å²) in [4.78, 5) is 22.0. The Bertz CT molecular complexity index is 521. The molecule has 19 heavy (non-hydrogen) atoms. The van der Waals surface area contributed by atoms with E-state index in [1.807, 2.05) is 0 Å². The zero-order chi connectivity index (χ0) is 14.0. The molecule has 0 saturated heterocycles. The number of nitro benzene ring substituents is 1. The van der Waals surface area contributed by atoms with E-state index in [1.165, 1.54) is 18.2 Å². The van der Waals surface area contributed by atoms with Gasteiger partial charge < -0.3 is 11.1 Å². The first kappa shape index (κ1) is 13.8. The highest BCUT2D eigenvalue weighted by Crippen LogP contribution is 2.29. The normalized spacial score (nSPS) is 22.2. The molecule has 0 heterocycles. The molecule has 1 aromatic carbocycles. The number of carbonyl (C=O) groups excluding carboxylic acids is 1. The number of nitrogens with two attached hydrogens (primary N) is 1. The summed E-state index contributed by atoms with van der Waals surface area (Å²) >= 11 is 5.78. The van der Waals surface area contributed by atoms with Crippen LogP contribution in [0, 0.1) is 16.0 Å². The number of benzene rings is 1. The van der Waals surface area contributed by atoms with E-state index < -0.39 is 4.92 Å². The van der Waals surface area contributed by atoms with Crippen molar-refractivity contribution in [3.63, 3.8) is 0 Å². The molecule has 1 saturated carbocycles. The molecule has 2 rings (SSSR count). The van der Waals surface area contributed by atoms with Gasteiger partial charge in [0.2, 0.25) is 5.91 Å². The van der Waals surface area contributed by atoms with Crippen LogP contribution in [-0.4, -0.2) is 16.9 Å². The summed E-state index contributed by atoms with van der Waals surface area (Å²) in [7, 11) is 0. The largest absolute Gasteiger partial charge is 0.328 e. The van der Waals surface area contributed by atoms with Gasteiger partial charge in [-0.3, -0.25) is 14.9 Å². The van der Waals surface area contributed by atoms with Gasteiger partial charge in [-0.25, -0.2) is 0 Å². The first-order valence-corrected chi connectivity index (χ1v) is 6.35. The van der Waals surface area contributed by atoms with Crippen molar-refractivity contribution in [2.45, 2.75) is 25.3 Å². The lowest BCUT2D eigenvalue weighted by molar-refractivity contribution is -0.384. The highest BCUT2D eigenvalue weighted by atomic mass is 35.5. The predicted octanol–water partition coefficient (Wildman–Crippen LogP) is 2.31. The van der Waals surface area contributed by atoms with E-state index in [0.29, 0.717) is 12.1 Å². The molecule has 0 spiro atoms. The molecule has 1 fully saturated rings. The van der Waals surface area contributed by atoms with Crippen LogP contribution in [0.3, 0.4) is 0 Å². The van der Waals surface area contributed by atoms with Gasteiger partial charge in [-0.1, -0.05) is 11.6 Å². The fourth-order valence-corrected chi connectivity index (χ4v) is 2.48. The van der Waals surface area contributed by atoms with E-state index in [4.69, 9.17) is 17.3 Å². The minimum Gasteiger partial charge on any atom is -0.328 e. The molecule has 0 aromatic heterocycles. The van der Waals surface area contributed by atoms with Gasteiger partial charge in [0.1, 0.15) is 5.02 Å². The highest BCUT2D eigenvalue weighted by molar-refractivity contribution is 6.33. The first-order chi connectivity index (χ1) is 8.97. The Morgan fingerprint density at radius 2 is 2.21 bits per heavy atom. The summed E-state index contributed by atoms with van der Waals surface area (Å²) in [5, 5.41) is 13.3. The average Bonchev–Trinajstić information content (AvgIpc) is 2.75. The van der Waals surface area contributed by atoms with E-state index >= 15 is 0 Å². The molecule has 1 aromatic rings. The molecule has 7 heteroatoms. The van der Waals surface area contributed by atoms with Gasteiger partial charge in [0.15, 0.2) is 0 Å². The SMILES string of the molecule is NC1CCC(C(=O)Nc2ccc([N+](=O)[O-])c(Cl)c2)C1. The third kappa shape index (κ3) is 3.21. The summed E-state index contributed by atoms with van der Waals surface area (Å²) in [6.45, 7) is 0. The molecule has 0 aliphatic heterocycles. The third-order valence-corrected chi connectivity index (χ3v) is 3.56. The lowest BCUT2D eigenvalue weighted by Crippen LogP contribution is -2.23. The smallest absolute Gasteiger partial charge is 0.288 e. The molecule has 2 atom stereocenters. The molecule has 102 valence electrons. The number of halogens is 1. The first-order valence-electron chi connectivity index (χ1n) is 5.97. The predicted molar refractivity (Wildman–Crippen MR) is 72.1 cm³/mol. The van der Waals surface area contributed by atoms with Crippen LogP contribution in [0.25, 0.3) is 0 Å². The minimum absolute atomic E-state index is 0.00548. The van der Waals surface area contributed by atoms with Gasteiger partial charge in [0, 0.05) is 23.7 Å². The van der Waals surface area contributed by atoms with Crippen molar-refractivity contribution in [1.29, 1.82) is 0 Å². The molecule has 3 N–H and O–H groups in total. The molecular formula is C12H14ClN3O3. The van der Waals surface area contributed by atoms with E-state index in [2.05, 4.69) is 5.32 Å². The number of nitrogens with one attached hydrogen (secondary N) is 1. The maximum atomic E-state index is 11.9. The van der Waals surface area contributed by atoms with Crippen molar-refractivity contribution in [2.24, 2.45) is 11.7 Å². The second-order valence-electron chi connectivity index (χ2n) is 4.68.